The molecule has 0 bridgehead atoms. The predicted molar refractivity (Wildman–Crippen MR) is 90.8 cm³/mol. The van der Waals surface area contributed by atoms with E-state index in [2.05, 4.69) is 20.2 Å². The number of amides is 1. The lowest BCUT2D eigenvalue weighted by Crippen LogP contribution is -2.36. The van der Waals surface area contributed by atoms with E-state index in [4.69, 9.17) is 4.74 Å². The van der Waals surface area contributed by atoms with Crippen molar-refractivity contribution in [3.63, 3.8) is 0 Å². The Morgan fingerprint density at radius 3 is 2.92 bits per heavy atom. The van der Waals surface area contributed by atoms with E-state index < -0.39 is 0 Å². The number of benzene rings is 1. The molecule has 24 heavy (non-hydrogen) atoms. The monoisotopic (exact) mass is 348 g/mol. The van der Waals surface area contributed by atoms with Gasteiger partial charge in [0.15, 0.2) is 0 Å². The zero-order valence-electron chi connectivity index (χ0n) is 12.9. The average molecular weight is 348 g/mol. The van der Waals surface area contributed by atoms with E-state index in [1.807, 2.05) is 6.07 Å². The quantitative estimate of drug-likeness (QED) is 0.660. The van der Waals surface area contributed by atoms with E-state index in [1.165, 1.54) is 30.2 Å². The zero-order chi connectivity index (χ0) is 16.8. The van der Waals surface area contributed by atoms with Gasteiger partial charge in [-0.1, -0.05) is 17.8 Å². The van der Waals surface area contributed by atoms with Crippen LogP contribution in [-0.2, 0) is 9.53 Å². The highest BCUT2D eigenvalue weighted by Gasteiger charge is 2.13. The predicted octanol–water partition coefficient (Wildman–Crippen LogP) is 2.18. The fourth-order valence-electron chi connectivity index (χ4n) is 2.28. The number of ether oxygens (including phenoxy) is 1. The van der Waals surface area contributed by atoms with E-state index in [1.54, 1.807) is 12.1 Å². The highest BCUT2D eigenvalue weighted by molar-refractivity contribution is 7.99. The summed E-state index contributed by atoms with van der Waals surface area (Å²) in [4.78, 5) is 22.5. The second-order valence-electron chi connectivity index (χ2n) is 5.16. The van der Waals surface area contributed by atoms with Gasteiger partial charge in [-0.2, -0.15) is 0 Å². The molecule has 126 valence electrons. The van der Waals surface area contributed by atoms with Crippen LogP contribution in [0.15, 0.2) is 41.7 Å². The zero-order valence-corrected chi connectivity index (χ0v) is 13.8. The van der Waals surface area contributed by atoms with Gasteiger partial charge in [-0.25, -0.2) is 14.4 Å². The molecule has 8 heteroatoms. The van der Waals surface area contributed by atoms with E-state index >= 15 is 0 Å². The van der Waals surface area contributed by atoms with Crippen LogP contribution in [0.5, 0.6) is 0 Å². The largest absolute Gasteiger partial charge is 0.378 e. The normalized spacial score (nSPS) is 14.5. The second-order valence-corrected chi connectivity index (χ2v) is 6.16. The lowest BCUT2D eigenvalue weighted by Gasteiger charge is -2.27. The Balaban J connectivity index is 1.55. The summed E-state index contributed by atoms with van der Waals surface area (Å²) in [5, 5.41) is 3.38. The third kappa shape index (κ3) is 4.65. The number of hydrogen-bond donors (Lipinski definition) is 1. The Hall–Kier alpha value is -2.19. The number of halogens is 1. The van der Waals surface area contributed by atoms with Gasteiger partial charge in [0.1, 0.15) is 23.0 Å². The number of aromatic nitrogens is 2. The summed E-state index contributed by atoms with van der Waals surface area (Å²) in [5.41, 5.74) is 0.442. The van der Waals surface area contributed by atoms with Gasteiger partial charge in [0.25, 0.3) is 0 Å². The molecular formula is C16H17FN4O2S. The number of nitrogens with one attached hydrogen (secondary N) is 1. The SMILES string of the molecule is O=C(CSc1cc(N2CCOCC2)ncn1)Nc1cccc(F)c1. The smallest absolute Gasteiger partial charge is 0.234 e. The number of carbonyl (C=O) groups excluding carboxylic acids is 1. The first-order valence-corrected chi connectivity index (χ1v) is 8.52. The van der Waals surface area contributed by atoms with Gasteiger partial charge in [-0.3, -0.25) is 4.79 Å². The van der Waals surface area contributed by atoms with Crippen LogP contribution in [0, 0.1) is 5.82 Å². The van der Waals surface area contributed by atoms with Crippen LogP contribution >= 0.6 is 11.8 Å². The number of thioether (sulfide) groups is 1. The third-order valence-electron chi connectivity index (χ3n) is 3.42. The van der Waals surface area contributed by atoms with E-state index in [0.29, 0.717) is 18.9 Å². The number of nitrogens with zero attached hydrogens (tertiary/aromatic N) is 3. The van der Waals surface area contributed by atoms with Crippen LogP contribution in [0.2, 0.25) is 0 Å². The molecular weight excluding hydrogens is 331 g/mol. The topological polar surface area (TPSA) is 67.4 Å². The minimum absolute atomic E-state index is 0.191. The van der Waals surface area contributed by atoms with Crippen LogP contribution in [0.25, 0.3) is 0 Å². The van der Waals surface area contributed by atoms with Gasteiger partial charge in [-0.15, -0.1) is 0 Å². The number of hydrogen-bond acceptors (Lipinski definition) is 6. The molecule has 0 atom stereocenters. The maximum Gasteiger partial charge on any atom is 0.234 e. The molecule has 6 nitrogen and oxygen atoms in total. The van der Waals surface area contributed by atoms with Crippen molar-refractivity contribution in [3.05, 3.63) is 42.5 Å². The molecule has 1 aliphatic rings. The third-order valence-corrected chi connectivity index (χ3v) is 4.35. The van der Waals surface area contributed by atoms with Crippen molar-refractivity contribution in [3.8, 4) is 0 Å². The van der Waals surface area contributed by atoms with Crippen molar-refractivity contribution in [1.29, 1.82) is 0 Å². The number of carbonyl (C=O) groups is 1. The summed E-state index contributed by atoms with van der Waals surface area (Å²) in [6, 6.07) is 7.68. The molecule has 2 aromatic rings. The van der Waals surface area contributed by atoms with Gasteiger partial charge in [0.05, 0.1) is 19.0 Å². The Kier molecular flexibility index (Phi) is 5.60. The van der Waals surface area contributed by atoms with Crippen molar-refractivity contribution >= 4 is 29.2 Å². The highest BCUT2D eigenvalue weighted by atomic mass is 32.2. The maximum atomic E-state index is 13.1. The Morgan fingerprint density at radius 1 is 1.29 bits per heavy atom. The molecule has 0 aliphatic carbocycles. The van der Waals surface area contributed by atoms with Crippen molar-refractivity contribution in [1.82, 2.24) is 9.97 Å². The van der Waals surface area contributed by atoms with Crippen LogP contribution in [0.3, 0.4) is 0 Å². The van der Waals surface area contributed by atoms with Gasteiger partial charge in [-0.05, 0) is 18.2 Å². The Bertz CT molecular complexity index is 710. The average Bonchev–Trinajstić information content (AvgIpc) is 2.61. The lowest BCUT2D eigenvalue weighted by atomic mass is 10.3. The molecule has 0 radical (unpaired) electrons. The van der Waals surface area contributed by atoms with E-state index in [0.717, 1.165) is 23.9 Å². The van der Waals surface area contributed by atoms with Crippen molar-refractivity contribution in [2.75, 3.05) is 42.3 Å². The molecule has 3 rings (SSSR count). The molecule has 1 aromatic heterocycles. The molecule has 1 amide bonds. The lowest BCUT2D eigenvalue weighted by molar-refractivity contribution is -0.113. The number of rotatable bonds is 5. The van der Waals surface area contributed by atoms with Crippen LogP contribution in [-0.4, -0.2) is 47.9 Å². The molecule has 0 unspecified atom stereocenters. The van der Waals surface area contributed by atoms with Crippen molar-refractivity contribution < 1.29 is 13.9 Å². The van der Waals surface area contributed by atoms with Crippen LogP contribution in [0.1, 0.15) is 0 Å². The molecule has 1 N–H and O–H groups in total. The summed E-state index contributed by atoms with van der Waals surface area (Å²) >= 11 is 1.32. The van der Waals surface area contributed by atoms with E-state index in [9.17, 15) is 9.18 Å². The summed E-state index contributed by atoms with van der Waals surface area (Å²) in [7, 11) is 0. The molecule has 1 saturated heterocycles. The number of anilines is 2. The van der Waals surface area contributed by atoms with Crippen molar-refractivity contribution in [2.45, 2.75) is 5.03 Å². The molecule has 0 spiro atoms. The Labute approximate surface area is 143 Å². The molecule has 1 aromatic carbocycles. The summed E-state index contributed by atoms with van der Waals surface area (Å²) in [6.07, 6.45) is 1.50. The molecule has 1 aliphatic heterocycles. The second kappa shape index (κ2) is 8.07. The van der Waals surface area contributed by atoms with Gasteiger partial charge in [0.2, 0.25) is 5.91 Å². The molecule has 2 heterocycles. The highest BCUT2D eigenvalue weighted by Crippen LogP contribution is 2.20. The minimum atomic E-state index is -0.383. The fourth-order valence-corrected chi connectivity index (χ4v) is 2.94. The minimum Gasteiger partial charge on any atom is -0.378 e. The summed E-state index contributed by atoms with van der Waals surface area (Å²) < 4.78 is 18.4. The first-order chi connectivity index (χ1) is 11.7. The molecule has 0 saturated carbocycles. The van der Waals surface area contributed by atoms with Crippen LogP contribution < -0.4 is 10.2 Å². The van der Waals surface area contributed by atoms with Crippen LogP contribution in [0.4, 0.5) is 15.9 Å². The first kappa shape index (κ1) is 16.7. The standard InChI is InChI=1S/C16H17FN4O2S/c17-12-2-1-3-13(8-12)20-15(22)10-24-16-9-14(18-11-19-16)21-4-6-23-7-5-21/h1-3,8-9,11H,4-7,10H2,(H,20,22). The molecule has 1 fully saturated rings. The van der Waals surface area contributed by atoms with Gasteiger partial charge in [0, 0.05) is 24.8 Å². The summed E-state index contributed by atoms with van der Waals surface area (Å²) in [6.45, 7) is 2.95. The van der Waals surface area contributed by atoms with E-state index in [-0.39, 0.29) is 17.5 Å². The maximum absolute atomic E-state index is 13.1. The fraction of sp³-hybridized carbons (Fsp3) is 0.312. The van der Waals surface area contributed by atoms with Gasteiger partial charge >= 0.3 is 0 Å². The van der Waals surface area contributed by atoms with Gasteiger partial charge < -0.3 is 15.0 Å². The number of morpholine rings is 1. The van der Waals surface area contributed by atoms with Crippen molar-refractivity contribution in [2.24, 2.45) is 0 Å². The Morgan fingerprint density at radius 2 is 2.12 bits per heavy atom. The first-order valence-electron chi connectivity index (χ1n) is 7.54. The summed E-state index contributed by atoms with van der Waals surface area (Å²) in [5.74, 6) is 0.431.